The Hall–Kier alpha value is -3.48. The molecule has 1 aliphatic heterocycles. The van der Waals surface area contributed by atoms with E-state index >= 15 is 0 Å². The summed E-state index contributed by atoms with van der Waals surface area (Å²) in [4.78, 5) is 0. The van der Waals surface area contributed by atoms with E-state index in [1.54, 1.807) is 35.2 Å². The molecule has 4 nitrogen and oxygen atoms in total. The van der Waals surface area contributed by atoms with Gasteiger partial charge in [-0.1, -0.05) is 24.3 Å². The summed E-state index contributed by atoms with van der Waals surface area (Å²) in [6.07, 6.45) is 8.98. The first-order valence-electron chi connectivity index (χ1n) is 11.1. The highest BCUT2D eigenvalue weighted by molar-refractivity contribution is 7.08. The molecule has 0 saturated carbocycles. The zero-order valence-electron chi connectivity index (χ0n) is 18.5. The van der Waals surface area contributed by atoms with E-state index in [2.05, 4.69) is 21.5 Å². The third-order valence-corrected chi connectivity index (χ3v) is 7.01. The van der Waals surface area contributed by atoms with Gasteiger partial charge in [-0.2, -0.15) is 22.7 Å². The van der Waals surface area contributed by atoms with Gasteiger partial charge in [0.05, 0.1) is 25.7 Å². The highest BCUT2D eigenvalue weighted by Gasteiger charge is 2.08. The van der Waals surface area contributed by atoms with Crippen LogP contribution in [0.1, 0.15) is 22.3 Å². The first kappa shape index (κ1) is 22.3. The Bertz CT molecular complexity index is 1190. The summed E-state index contributed by atoms with van der Waals surface area (Å²) in [5.41, 5.74) is 4.68. The van der Waals surface area contributed by atoms with Crippen LogP contribution in [0.5, 0.6) is 23.0 Å². The lowest BCUT2D eigenvalue weighted by molar-refractivity contribution is 0.305. The summed E-state index contributed by atoms with van der Waals surface area (Å²) in [7, 11) is 0. The van der Waals surface area contributed by atoms with E-state index in [1.807, 2.05) is 60.7 Å². The topological polar surface area (TPSA) is 36.9 Å². The Balaban J connectivity index is 1.40. The minimum Gasteiger partial charge on any atom is -0.489 e. The Labute approximate surface area is 207 Å². The second kappa shape index (κ2) is 11.1. The van der Waals surface area contributed by atoms with Gasteiger partial charge in [-0.3, -0.25) is 0 Å². The van der Waals surface area contributed by atoms with Gasteiger partial charge in [-0.25, -0.2) is 0 Å². The quantitative estimate of drug-likeness (QED) is 0.257. The van der Waals surface area contributed by atoms with E-state index in [9.17, 15) is 0 Å². The van der Waals surface area contributed by atoms with E-state index < -0.39 is 0 Å². The van der Waals surface area contributed by atoms with Crippen LogP contribution in [0.3, 0.4) is 0 Å². The Kier molecular flexibility index (Phi) is 7.28. The third-order valence-electron chi connectivity index (χ3n) is 5.39. The average Bonchev–Trinajstić information content (AvgIpc) is 3.50. The summed E-state index contributed by atoms with van der Waals surface area (Å²) in [6, 6.07) is 15.5. The molecule has 4 aromatic rings. The van der Waals surface area contributed by atoms with E-state index in [-0.39, 0.29) is 0 Å². The van der Waals surface area contributed by atoms with Crippen molar-refractivity contribution < 1.29 is 18.9 Å². The molecule has 34 heavy (non-hydrogen) atoms. The maximum Gasteiger partial charge on any atom is 0.168 e. The molecule has 0 atom stereocenters. The van der Waals surface area contributed by atoms with Gasteiger partial charge in [-0.05, 0) is 80.2 Å². The third kappa shape index (κ3) is 5.53. The van der Waals surface area contributed by atoms with Crippen LogP contribution in [-0.4, -0.2) is 13.2 Å². The van der Waals surface area contributed by atoms with Crippen molar-refractivity contribution in [3.63, 3.8) is 0 Å². The van der Waals surface area contributed by atoms with E-state index in [0.29, 0.717) is 24.7 Å². The average molecular weight is 489 g/mol. The van der Waals surface area contributed by atoms with Crippen molar-refractivity contribution >= 4 is 34.8 Å². The first-order chi connectivity index (χ1) is 16.9. The fourth-order valence-corrected chi connectivity index (χ4v) is 5.33. The van der Waals surface area contributed by atoms with Crippen LogP contribution in [0.25, 0.3) is 12.2 Å². The molecule has 0 spiro atoms. The summed E-state index contributed by atoms with van der Waals surface area (Å²) >= 11 is 3.34. The molecular formula is C28H24O4S2. The maximum atomic E-state index is 6.07. The molecule has 6 heteroatoms. The molecule has 0 amide bonds. The molecule has 1 aliphatic rings. The van der Waals surface area contributed by atoms with E-state index in [1.165, 1.54) is 11.1 Å². The molecule has 0 aliphatic carbocycles. The van der Waals surface area contributed by atoms with Crippen molar-refractivity contribution in [2.24, 2.45) is 0 Å². The van der Waals surface area contributed by atoms with Crippen LogP contribution < -0.4 is 18.9 Å². The lowest BCUT2D eigenvalue weighted by Crippen LogP contribution is -2.03. The van der Waals surface area contributed by atoms with Gasteiger partial charge < -0.3 is 18.9 Å². The minimum atomic E-state index is 0.549. The minimum absolute atomic E-state index is 0.549. The van der Waals surface area contributed by atoms with Crippen LogP contribution >= 0.6 is 22.7 Å². The van der Waals surface area contributed by atoms with Crippen LogP contribution in [0.15, 0.2) is 82.6 Å². The predicted octanol–water partition coefficient (Wildman–Crippen LogP) is 7.47. The van der Waals surface area contributed by atoms with Crippen molar-refractivity contribution in [2.45, 2.75) is 12.8 Å². The Morgan fingerprint density at radius 2 is 0.971 bits per heavy atom. The fraction of sp³-hybridized carbons (Fsp3) is 0.143. The van der Waals surface area contributed by atoms with Crippen LogP contribution in [-0.2, 0) is 12.8 Å². The van der Waals surface area contributed by atoms with Gasteiger partial charge in [-0.15, -0.1) is 0 Å². The second-order valence-electron chi connectivity index (χ2n) is 7.64. The summed E-state index contributed by atoms with van der Waals surface area (Å²) < 4.78 is 24.0. The molecule has 2 aromatic carbocycles. The normalized spacial score (nSPS) is 16.0. The van der Waals surface area contributed by atoms with Crippen molar-refractivity contribution in [3.05, 3.63) is 105 Å². The van der Waals surface area contributed by atoms with Crippen LogP contribution in [0.4, 0.5) is 0 Å². The molecule has 172 valence electrons. The number of rotatable bonds is 0. The highest BCUT2D eigenvalue weighted by atomic mass is 32.1. The molecule has 2 aromatic heterocycles. The molecule has 5 rings (SSSR count). The second-order valence-corrected chi connectivity index (χ2v) is 9.12. The largest absolute Gasteiger partial charge is 0.489 e. The van der Waals surface area contributed by atoms with Gasteiger partial charge in [0, 0.05) is 12.8 Å². The number of hydrogen-bond acceptors (Lipinski definition) is 6. The lowest BCUT2D eigenvalue weighted by Gasteiger charge is -2.11. The predicted molar refractivity (Wildman–Crippen MR) is 139 cm³/mol. The SMILES string of the molecule is C1=C/c2cscc2CCOc2ccccc2O/C=C/c2cscc2CCOc2ccccc2O/1. The molecule has 0 saturated heterocycles. The van der Waals surface area contributed by atoms with Gasteiger partial charge in [0.15, 0.2) is 23.0 Å². The fourth-order valence-electron chi connectivity index (χ4n) is 3.60. The smallest absolute Gasteiger partial charge is 0.168 e. The number of benzene rings is 2. The first-order valence-corrected chi connectivity index (χ1v) is 13.0. The van der Waals surface area contributed by atoms with Crippen molar-refractivity contribution in [1.29, 1.82) is 0 Å². The molecular weight excluding hydrogens is 464 g/mol. The van der Waals surface area contributed by atoms with Crippen molar-refractivity contribution in [3.8, 4) is 23.0 Å². The van der Waals surface area contributed by atoms with E-state index in [4.69, 9.17) is 18.9 Å². The van der Waals surface area contributed by atoms with Crippen LogP contribution in [0.2, 0.25) is 0 Å². The van der Waals surface area contributed by atoms with Crippen molar-refractivity contribution in [1.82, 2.24) is 0 Å². The molecule has 0 N–H and O–H groups in total. The Morgan fingerprint density at radius 3 is 1.44 bits per heavy atom. The number of fused-ring (bicyclic) bond motifs is 4. The molecule has 0 fully saturated rings. The van der Waals surface area contributed by atoms with E-state index in [0.717, 1.165) is 35.5 Å². The molecule has 0 bridgehead atoms. The number of ether oxygens (including phenoxy) is 4. The van der Waals surface area contributed by atoms with Crippen molar-refractivity contribution in [2.75, 3.05) is 13.2 Å². The summed E-state index contributed by atoms with van der Waals surface area (Å²) in [5.74, 6) is 2.85. The number of thiophene rings is 2. The summed E-state index contributed by atoms with van der Waals surface area (Å²) in [5, 5.41) is 8.53. The molecule has 0 unspecified atom stereocenters. The van der Waals surface area contributed by atoms with Gasteiger partial charge >= 0.3 is 0 Å². The Morgan fingerprint density at radius 1 is 0.529 bits per heavy atom. The number of hydrogen-bond donors (Lipinski definition) is 0. The summed E-state index contributed by atoms with van der Waals surface area (Å²) in [6.45, 7) is 1.10. The van der Waals surface area contributed by atoms with Gasteiger partial charge in [0.25, 0.3) is 0 Å². The maximum absolute atomic E-state index is 6.07. The molecule has 0 radical (unpaired) electrons. The molecule has 3 heterocycles. The zero-order chi connectivity index (χ0) is 23.0. The zero-order valence-corrected chi connectivity index (χ0v) is 20.1. The van der Waals surface area contributed by atoms with Gasteiger partial charge in [0.2, 0.25) is 0 Å². The highest BCUT2D eigenvalue weighted by Crippen LogP contribution is 2.29. The van der Waals surface area contributed by atoms with Gasteiger partial charge in [0.1, 0.15) is 0 Å². The lowest BCUT2D eigenvalue weighted by atomic mass is 10.1. The number of para-hydroxylation sites is 4. The monoisotopic (exact) mass is 488 g/mol. The standard InChI is InChI=1S/C28H24O4S2/c1-2-6-26-25(5-1)29-13-9-21-17-33-19-23(21)11-15-31-27-7-3-4-8-28(27)32-16-12-24-20-34-18-22(24)10-14-30-26/h1-9,12-13,16-20H,10-11,14-15H2/b13-9+,16-12+. The van der Waals surface area contributed by atoms with Crippen LogP contribution in [0, 0.1) is 0 Å².